The second-order valence-electron chi connectivity index (χ2n) is 5.06. The first kappa shape index (κ1) is 18.4. The summed E-state index contributed by atoms with van der Waals surface area (Å²) >= 11 is 6.75. The third-order valence-corrected chi connectivity index (χ3v) is 5.51. The van der Waals surface area contributed by atoms with Crippen LogP contribution < -0.4 is 4.74 Å². The first-order valence-electron chi connectivity index (χ1n) is 6.86. The molecule has 4 nitrogen and oxygen atoms in total. The second-order valence-corrected chi connectivity index (χ2v) is 8.40. The van der Waals surface area contributed by atoms with Crippen molar-refractivity contribution in [3.8, 4) is 5.75 Å². The Morgan fingerprint density at radius 3 is 2.35 bits per heavy atom. The maximum absolute atomic E-state index is 12.2. The van der Waals surface area contributed by atoms with Gasteiger partial charge in [0.1, 0.15) is 18.5 Å². The van der Waals surface area contributed by atoms with E-state index >= 15 is 0 Å². The molecule has 0 radical (unpaired) electrons. The van der Waals surface area contributed by atoms with Crippen LogP contribution in [0.1, 0.15) is 12.5 Å². The monoisotopic (exact) mass is 462 g/mol. The highest BCUT2D eigenvalue weighted by Gasteiger charge is 2.19. The van der Waals surface area contributed by atoms with E-state index in [0.717, 1.165) is 14.5 Å². The number of aryl methyl sites for hydroxylation is 1. The number of rotatable bonds is 6. The first-order chi connectivity index (χ1) is 10.8. The Balaban J connectivity index is 1.98. The minimum absolute atomic E-state index is 0.116. The maximum Gasteiger partial charge on any atom is 0.297 e. The van der Waals surface area contributed by atoms with Gasteiger partial charge in [0.15, 0.2) is 0 Å². The van der Waals surface area contributed by atoms with Crippen LogP contribution in [0.25, 0.3) is 0 Å². The van der Waals surface area contributed by atoms with Gasteiger partial charge in [-0.05, 0) is 60.1 Å². The van der Waals surface area contributed by atoms with Crippen molar-refractivity contribution in [2.75, 3.05) is 6.61 Å². The van der Waals surface area contributed by atoms with E-state index in [1.54, 1.807) is 25.1 Å². The Bertz CT molecular complexity index is 773. The van der Waals surface area contributed by atoms with Crippen LogP contribution in [-0.2, 0) is 14.3 Å². The number of hydrogen-bond acceptors (Lipinski definition) is 4. The van der Waals surface area contributed by atoms with Crippen molar-refractivity contribution in [3.63, 3.8) is 0 Å². The molecular weight excluding hydrogens is 448 g/mol. The van der Waals surface area contributed by atoms with Crippen molar-refractivity contribution < 1.29 is 17.3 Å². The van der Waals surface area contributed by atoms with Gasteiger partial charge in [0.05, 0.1) is 9.37 Å². The molecule has 0 spiro atoms. The van der Waals surface area contributed by atoms with Crippen LogP contribution in [0.15, 0.2) is 56.3 Å². The van der Waals surface area contributed by atoms with E-state index in [1.807, 2.05) is 19.1 Å². The molecule has 0 amide bonds. The van der Waals surface area contributed by atoms with Crippen LogP contribution in [-0.4, -0.2) is 21.1 Å². The van der Waals surface area contributed by atoms with E-state index in [0.29, 0.717) is 5.75 Å². The van der Waals surface area contributed by atoms with Gasteiger partial charge in [-0.2, -0.15) is 8.42 Å². The average Bonchev–Trinajstić information content (AvgIpc) is 2.46. The third-order valence-electron chi connectivity index (χ3n) is 2.97. The normalized spacial score (nSPS) is 12.9. The molecule has 0 bridgehead atoms. The van der Waals surface area contributed by atoms with E-state index in [-0.39, 0.29) is 11.5 Å². The van der Waals surface area contributed by atoms with E-state index in [1.165, 1.54) is 12.1 Å². The van der Waals surface area contributed by atoms with Crippen molar-refractivity contribution in [2.24, 2.45) is 0 Å². The predicted molar refractivity (Wildman–Crippen MR) is 96.2 cm³/mol. The maximum atomic E-state index is 12.2. The molecule has 1 unspecified atom stereocenters. The van der Waals surface area contributed by atoms with Crippen LogP contribution in [0.3, 0.4) is 0 Å². The molecule has 23 heavy (non-hydrogen) atoms. The highest BCUT2D eigenvalue weighted by atomic mass is 79.9. The van der Waals surface area contributed by atoms with Crippen LogP contribution in [0, 0.1) is 6.92 Å². The molecule has 0 fully saturated rings. The van der Waals surface area contributed by atoms with Crippen molar-refractivity contribution in [3.05, 3.63) is 57.0 Å². The number of ether oxygens (including phenoxy) is 1. The Morgan fingerprint density at radius 1 is 1.09 bits per heavy atom. The van der Waals surface area contributed by atoms with Crippen LogP contribution in [0.5, 0.6) is 5.75 Å². The van der Waals surface area contributed by atoms with Gasteiger partial charge in [-0.1, -0.05) is 33.6 Å². The summed E-state index contributed by atoms with van der Waals surface area (Å²) in [5, 5.41) is 0. The molecular formula is C16H16Br2O4S. The number of benzene rings is 2. The fraction of sp³-hybridized carbons (Fsp3) is 0.250. The summed E-state index contributed by atoms with van der Waals surface area (Å²) in [6, 6.07) is 12.0. The Morgan fingerprint density at radius 2 is 1.74 bits per heavy atom. The van der Waals surface area contributed by atoms with Gasteiger partial charge >= 0.3 is 0 Å². The summed E-state index contributed by atoms with van der Waals surface area (Å²) in [4.78, 5) is 0.139. The molecule has 0 N–H and O–H groups in total. The van der Waals surface area contributed by atoms with Gasteiger partial charge in [0.25, 0.3) is 10.1 Å². The summed E-state index contributed by atoms with van der Waals surface area (Å²) in [5.74, 6) is 0.622. The summed E-state index contributed by atoms with van der Waals surface area (Å²) in [6.07, 6.45) is -0.614. The molecule has 0 saturated carbocycles. The zero-order valence-corrected chi connectivity index (χ0v) is 16.6. The summed E-state index contributed by atoms with van der Waals surface area (Å²) in [6.45, 7) is 3.66. The van der Waals surface area contributed by atoms with Crippen molar-refractivity contribution >= 4 is 42.0 Å². The first-order valence-corrected chi connectivity index (χ1v) is 9.85. The second kappa shape index (κ2) is 7.79. The van der Waals surface area contributed by atoms with Gasteiger partial charge in [0.2, 0.25) is 0 Å². The molecule has 0 aromatic heterocycles. The van der Waals surface area contributed by atoms with Gasteiger partial charge in [0, 0.05) is 4.47 Å². The van der Waals surface area contributed by atoms with Crippen molar-refractivity contribution in [1.82, 2.24) is 0 Å². The van der Waals surface area contributed by atoms with Crippen molar-refractivity contribution in [2.45, 2.75) is 24.8 Å². The van der Waals surface area contributed by atoms with Crippen LogP contribution in [0.4, 0.5) is 0 Å². The van der Waals surface area contributed by atoms with Crippen LogP contribution in [0.2, 0.25) is 0 Å². The van der Waals surface area contributed by atoms with E-state index in [9.17, 15) is 8.42 Å². The Labute approximate surface area is 153 Å². The minimum Gasteiger partial charge on any atom is -0.490 e. The topological polar surface area (TPSA) is 52.6 Å². The van der Waals surface area contributed by atoms with Crippen molar-refractivity contribution in [1.29, 1.82) is 0 Å². The van der Waals surface area contributed by atoms with Gasteiger partial charge in [-0.25, -0.2) is 0 Å². The summed E-state index contributed by atoms with van der Waals surface area (Å²) in [5.41, 5.74) is 0.987. The van der Waals surface area contributed by atoms with E-state index in [2.05, 4.69) is 31.9 Å². The Kier molecular flexibility index (Phi) is 6.25. The fourth-order valence-electron chi connectivity index (χ4n) is 1.80. The fourth-order valence-corrected chi connectivity index (χ4v) is 4.03. The number of hydrogen-bond donors (Lipinski definition) is 0. The molecule has 124 valence electrons. The lowest BCUT2D eigenvalue weighted by Gasteiger charge is -2.15. The molecule has 0 aliphatic carbocycles. The summed E-state index contributed by atoms with van der Waals surface area (Å²) in [7, 11) is -3.80. The zero-order chi connectivity index (χ0) is 17.0. The number of halogens is 2. The third kappa shape index (κ3) is 5.31. The van der Waals surface area contributed by atoms with Crippen LogP contribution >= 0.6 is 31.9 Å². The Hall–Kier alpha value is -0.890. The zero-order valence-electron chi connectivity index (χ0n) is 12.6. The highest BCUT2D eigenvalue weighted by Crippen LogP contribution is 2.28. The molecule has 2 rings (SSSR count). The smallest absolute Gasteiger partial charge is 0.297 e. The molecule has 0 aliphatic rings. The SMILES string of the molecule is Cc1ccc(S(=O)(=O)OC(C)COc2ccc(Br)cc2Br)cc1. The van der Waals surface area contributed by atoms with Gasteiger partial charge < -0.3 is 4.74 Å². The average molecular weight is 464 g/mol. The molecule has 0 heterocycles. The van der Waals surface area contributed by atoms with E-state index < -0.39 is 16.2 Å². The lowest BCUT2D eigenvalue weighted by molar-refractivity contribution is 0.148. The highest BCUT2D eigenvalue weighted by molar-refractivity contribution is 9.11. The minimum atomic E-state index is -3.80. The summed E-state index contributed by atoms with van der Waals surface area (Å²) < 4.78 is 36.8. The largest absolute Gasteiger partial charge is 0.490 e. The molecule has 0 aliphatic heterocycles. The quantitative estimate of drug-likeness (QED) is 0.583. The molecule has 7 heteroatoms. The van der Waals surface area contributed by atoms with Gasteiger partial charge in [-0.15, -0.1) is 0 Å². The standard InChI is InChI=1S/C16H16Br2O4S/c1-11-3-6-14(7-4-11)23(19,20)22-12(2)10-21-16-8-5-13(17)9-15(16)18/h3-9,12H,10H2,1-2H3. The van der Waals surface area contributed by atoms with Gasteiger partial charge in [-0.3, -0.25) is 4.18 Å². The van der Waals surface area contributed by atoms with E-state index in [4.69, 9.17) is 8.92 Å². The predicted octanol–water partition coefficient (Wildman–Crippen LogP) is 4.69. The lowest BCUT2D eigenvalue weighted by Crippen LogP contribution is -2.22. The molecule has 2 aromatic rings. The molecule has 1 atom stereocenters. The molecule has 2 aromatic carbocycles. The molecule has 0 saturated heterocycles. The lowest BCUT2D eigenvalue weighted by atomic mass is 10.2.